The summed E-state index contributed by atoms with van der Waals surface area (Å²) in [6.45, 7) is 4.46. The first-order chi connectivity index (χ1) is 24.8. The Hall–Kier alpha value is -5.25. The highest BCUT2D eigenvalue weighted by Crippen LogP contribution is 2.42. The number of carbonyl (C=O) groups is 2. The maximum absolute atomic E-state index is 12.4. The summed E-state index contributed by atoms with van der Waals surface area (Å²) in [4.78, 5) is 38.7. The molecule has 13 nitrogen and oxygen atoms in total. The van der Waals surface area contributed by atoms with E-state index in [-0.39, 0.29) is 19.6 Å². The Morgan fingerprint density at radius 3 is 1.98 bits per heavy atom. The fourth-order valence-corrected chi connectivity index (χ4v) is 7.02. The molecule has 6 rings (SSSR count). The van der Waals surface area contributed by atoms with Crippen molar-refractivity contribution in [1.82, 2.24) is 19.5 Å². The summed E-state index contributed by atoms with van der Waals surface area (Å²) in [5.74, 6) is -0.733. The van der Waals surface area contributed by atoms with E-state index in [1.165, 1.54) is 26.5 Å². The molecule has 14 heteroatoms. The third-order valence-electron chi connectivity index (χ3n) is 8.36. The summed E-state index contributed by atoms with van der Waals surface area (Å²) < 4.78 is 31.0. The number of nitrogens with zero attached hydrogens (tertiary/aromatic N) is 5. The number of fused-ring (bicyclic) bond motifs is 1. The van der Waals surface area contributed by atoms with E-state index in [0.717, 1.165) is 16.7 Å². The minimum absolute atomic E-state index is 0.0386. The number of hydrogen-bond acceptors (Lipinski definition) is 12. The average Bonchev–Trinajstić information content (AvgIpc) is 3.72. The maximum Gasteiger partial charge on any atom is 0.303 e. The lowest BCUT2D eigenvalue weighted by Gasteiger charge is -2.37. The summed E-state index contributed by atoms with van der Waals surface area (Å²) in [6.07, 6.45) is -0.737. The molecule has 3 heterocycles. The number of nitriles is 1. The van der Waals surface area contributed by atoms with Gasteiger partial charge in [0.15, 0.2) is 43.8 Å². The molecule has 3 aromatic carbocycles. The van der Waals surface area contributed by atoms with Crippen LogP contribution in [0.15, 0.2) is 104 Å². The monoisotopic (exact) mass is 708 g/mol. The summed E-state index contributed by atoms with van der Waals surface area (Å²) >= 11 is 0. The lowest BCUT2D eigenvalue weighted by molar-refractivity contribution is -0.165. The fraction of sp³-hybridized carbons (Fsp3) is 0.297. The van der Waals surface area contributed by atoms with Crippen LogP contribution in [0.5, 0.6) is 0 Å². The van der Waals surface area contributed by atoms with Crippen LogP contribution in [0.1, 0.15) is 43.2 Å². The Bertz CT molecular complexity index is 1880. The van der Waals surface area contributed by atoms with Crippen molar-refractivity contribution in [3.63, 3.8) is 0 Å². The number of nitrogens with one attached hydrogen (secondary N) is 1. The van der Waals surface area contributed by atoms with Crippen molar-refractivity contribution in [2.75, 3.05) is 25.2 Å². The van der Waals surface area contributed by atoms with Crippen LogP contribution in [-0.2, 0) is 38.4 Å². The van der Waals surface area contributed by atoms with Crippen molar-refractivity contribution in [1.29, 1.82) is 5.26 Å². The van der Waals surface area contributed by atoms with Crippen molar-refractivity contribution >= 4 is 37.3 Å². The van der Waals surface area contributed by atoms with Gasteiger partial charge in [-0.15, -0.1) is 0 Å². The molecule has 5 atom stereocenters. The van der Waals surface area contributed by atoms with Gasteiger partial charge < -0.3 is 28.6 Å². The van der Waals surface area contributed by atoms with Gasteiger partial charge in [0.25, 0.3) is 0 Å². The quantitative estimate of drug-likeness (QED) is 0.0633. The van der Waals surface area contributed by atoms with Gasteiger partial charge in [-0.25, -0.2) is 15.0 Å². The van der Waals surface area contributed by atoms with Gasteiger partial charge in [0.2, 0.25) is 0 Å². The van der Waals surface area contributed by atoms with Crippen LogP contribution in [0.3, 0.4) is 0 Å². The molecule has 2 unspecified atom stereocenters. The van der Waals surface area contributed by atoms with Crippen LogP contribution >= 0.6 is 8.38 Å². The van der Waals surface area contributed by atoms with E-state index in [1.807, 2.05) is 60.7 Å². The number of anilines is 1. The van der Waals surface area contributed by atoms with E-state index in [1.54, 1.807) is 11.2 Å². The molecule has 0 radical (unpaired) electrons. The molecule has 0 spiro atoms. The first-order valence-corrected chi connectivity index (χ1v) is 17.9. The predicted octanol–water partition coefficient (Wildman–Crippen LogP) is 5.88. The van der Waals surface area contributed by atoms with E-state index in [0.29, 0.717) is 17.0 Å². The van der Waals surface area contributed by atoms with Crippen molar-refractivity contribution in [2.24, 2.45) is 0 Å². The zero-order valence-electron chi connectivity index (χ0n) is 28.3. The minimum atomic E-state index is -1.37. The van der Waals surface area contributed by atoms with E-state index in [9.17, 15) is 9.59 Å². The third-order valence-corrected chi connectivity index (χ3v) is 9.42. The molecule has 1 saturated heterocycles. The lowest BCUT2D eigenvalue weighted by atomic mass is 9.77. The van der Waals surface area contributed by atoms with E-state index < -0.39 is 50.4 Å². The molecule has 1 aliphatic rings. The van der Waals surface area contributed by atoms with Crippen molar-refractivity contribution in [3.8, 4) is 6.07 Å². The molecular formula is C37H37N6O7P. The van der Waals surface area contributed by atoms with Gasteiger partial charge in [-0.2, -0.15) is 5.26 Å². The van der Waals surface area contributed by atoms with Gasteiger partial charge in [-0.05, 0) is 16.7 Å². The van der Waals surface area contributed by atoms with Gasteiger partial charge in [0, 0.05) is 20.5 Å². The number of carbonyl (C=O) groups excluding carboxylic acids is 2. The zero-order valence-corrected chi connectivity index (χ0v) is 29.2. The Kier molecular flexibility index (Phi) is 11.3. The molecule has 51 heavy (non-hydrogen) atoms. The number of aromatic nitrogens is 4. The Balaban J connectivity index is 1.41. The van der Waals surface area contributed by atoms with Gasteiger partial charge in [-0.3, -0.25) is 14.2 Å². The average molecular weight is 709 g/mol. The van der Waals surface area contributed by atoms with Gasteiger partial charge in [0.05, 0.1) is 32.0 Å². The number of imidazole rings is 1. The molecule has 0 bridgehead atoms. The predicted molar refractivity (Wildman–Crippen MR) is 188 cm³/mol. The summed E-state index contributed by atoms with van der Waals surface area (Å²) in [7, 11) is -1.37. The largest absolute Gasteiger partial charge is 0.456 e. The highest BCUT2D eigenvalue weighted by atomic mass is 31.2. The SMILES string of the molecule is CC(=O)OC1[C@@H](OC(C)=O)[C@@H](COP(C)OCCC#N)O[C@H]1n1cnc2c(NC(c3ccccc3)(c3ccccc3)c3ccccc3)ncnc21. The van der Waals surface area contributed by atoms with Gasteiger partial charge >= 0.3 is 11.9 Å². The second kappa shape index (κ2) is 16.2. The van der Waals surface area contributed by atoms with Crippen molar-refractivity contribution in [3.05, 3.63) is 120 Å². The summed E-state index contributed by atoms with van der Waals surface area (Å²) in [5.41, 5.74) is 2.85. The Morgan fingerprint density at radius 1 is 0.863 bits per heavy atom. The smallest absolute Gasteiger partial charge is 0.303 e. The van der Waals surface area contributed by atoms with Gasteiger partial charge in [0.1, 0.15) is 18.0 Å². The minimum Gasteiger partial charge on any atom is -0.456 e. The fourth-order valence-electron chi connectivity index (χ4n) is 6.24. The molecular weight excluding hydrogens is 671 g/mol. The first kappa shape index (κ1) is 35.6. The third kappa shape index (κ3) is 7.75. The van der Waals surface area contributed by atoms with Crippen LogP contribution in [-0.4, -0.2) is 69.6 Å². The molecule has 1 fully saturated rings. The van der Waals surface area contributed by atoms with E-state index in [4.69, 9.17) is 33.5 Å². The highest BCUT2D eigenvalue weighted by Gasteiger charge is 2.51. The van der Waals surface area contributed by atoms with Crippen LogP contribution in [0.4, 0.5) is 5.82 Å². The molecule has 2 aromatic heterocycles. The lowest BCUT2D eigenvalue weighted by Crippen LogP contribution is -2.40. The topological polar surface area (TPSA) is 160 Å². The van der Waals surface area contributed by atoms with Crippen LogP contribution in [0.2, 0.25) is 0 Å². The normalized spacial score (nSPS) is 19.3. The van der Waals surface area contributed by atoms with Crippen LogP contribution < -0.4 is 5.32 Å². The molecule has 0 aliphatic carbocycles. The highest BCUT2D eigenvalue weighted by molar-refractivity contribution is 7.46. The van der Waals surface area contributed by atoms with E-state index >= 15 is 0 Å². The molecule has 0 amide bonds. The zero-order chi connectivity index (χ0) is 35.8. The number of esters is 2. The van der Waals surface area contributed by atoms with Crippen molar-refractivity contribution < 1.29 is 32.8 Å². The number of benzene rings is 3. The molecule has 1 aliphatic heterocycles. The Morgan fingerprint density at radius 2 is 1.43 bits per heavy atom. The van der Waals surface area contributed by atoms with E-state index in [2.05, 4.69) is 51.7 Å². The molecule has 5 aromatic rings. The molecule has 0 saturated carbocycles. The summed E-state index contributed by atoms with van der Waals surface area (Å²) in [6, 6.07) is 32.3. The maximum atomic E-state index is 12.4. The number of hydrogen-bond donors (Lipinski definition) is 1. The van der Waals surface area contributed by atoms with Crippen LogP contribution in [0.25, 0.3) is 11.2 Å². The number of ether oxygens (including phenoxy) is 3. The van der Waals surface area contributed by atoms with Gasteiger partial charge in [-0.1, -0.05) is 91.0 Å². The Labute approximate surface area is 296 Å². The van der Waals surface area contributed by atoms with Crippen molar-refractivity contribution in [2.45, 2.75) is 50.3 Å². The van der Waals surface area contributed by atoms with Crippen LogP contribution in [0, 0.1) is 11.3 Å². The number of rotatable bonds is 14. The second-order valence-electron chi connectivity index (χ2n) is 11.7. The second-order valence-corrected chi connectivity index (χ2v) is 13.1. The molecule has 1 N–H and O–H groups in total. The molecule has 262 valence electrons. The standard InChI is InChI=1S/C37H37N6O7P/c1-25(44)48-32-30(22-47-51(3)46-21-13-20-38)50-36(33(32)49-26(2)45)43-24-41-31-34(39-23-40-35(31)43)42-37(27-14-7-4-8-15-27,28-16-9-5-10-17-28)29-18-11-6-12-19-29/h4-12,14-19,23-24,30,32-33,36H,13,21-22H2,1-3H3,(H,39,40,42)/t30-,32+,33?,36-,51?/m1/s1. The first-order valence-electron chi connectivity index (χ1n) is 16.3. The summed E-state index contributed by atoms with van der Waals surface area (Å²) in [5, 5.41) is 12.6.